The summed E-state index contributed by atoms with van der Waals surface area (Å²) in [5.74, 6) is 0.787. The number of methoxy groups -OCH3 is 1. The number of para-hydroxylation sites is 1. The minimum atomic E-state index is -0.287. The van der Waals surface area contributed by atoms with Crippen molar-refractivity contribution in [3.05, 3.63) is 66.2 Å². The van der Waals surface area contributed by atoms with E-state index in [1.165, 1.54) is 5.06 Å². The molecule has 2 amide bonds. The minimum Gasteiger partial charge on any atom is -0.497 e. The summed E-state index contributed by atoms with van der Waals surface area (Å²) in [6.45, 7) is 0.737. The quantitative estimate of drug-likeness (QED) is 0.943. The Bertz CT molecular complexity index is 713. The maximum absolute atomic E-state index is 12.3. The second kappa shape index (κ2) is 6.98. The zero-order valence-electron chi connectivity index (χ0n) is 12.9. The number of hydroxylamine groups is 2. The molecule has 0 bridgehead atoms. The lowest BCUT2D eigenvalue weighted by Gasteiger charge is -2.27. The zero-order chi connectivity index (χ0) is 16.1. The lowest BCUT2D eigenvalue weighted by Crippen LogP contribution is -2.38. The fourth-order valence-electron chi connectivity index (χ4n) is 2.36. The number of benzene rings is 2. The van der Waals surface area contributed by atoms with E-state index in [0.29, 0.717) is 13.2 Å². The van der Waals surface area contributed by atoms with Crippen LogP contribution in [-0.2, 0) is 4.84 Å². The largest absolute Gasteiger partial charge is 0.497 e. The molecule has 0 spiro atoms. The molecule has 0 aliphatic carbocycles. The number of anilines is 1. The van der Waals surface area contributed by atoms with Gasteiger partial charge in [0.2, 0.25) is 0 Å². The van der Waals surface area contributed by atoms with Gasteiger partial charge in [-0.3, -0.25) is 4.84 Å². The number of rotatable bonds is 3. The summed E-state index contributed by atoms with van der Waals surface area (Å²) in [5.41, 5.74) is 2.78. The van der Waals surface area contributed by atoms with Gasteiger partial charge in [0.15, 0.2) is 0 Å². The second-order valence-electron chi connectivity index (χ2n) is 5.09. The SMILES string of the molecule is COc1cccc(C2=CCON(C(=O)Nc3ccccc3)C2)c1. The van der Waals surface area contributed by atoms with Crippen LogP contribution in [-0.4, -0.2) is 31.4 Å². The summed E-state index contributed by atoms with van der Waals surface area (Å²) >= 11 is 0. The fraction of sp³-hybridized carbons (Fsp3) is 0.167. The predicted molar refractivity (Wildman–Crippen MR) is 89.1 cm³/mol. The molecule has 1 N–H and O–H groups in total. The van der Waals surface area contributed by atoms with Gasteiger partial charge in [-0.1, -0.05) is 36.4 Å². The summed E-state index contributed by atoms with van der Waals surface area (Å²) in [5, 5.41) is 4.15. The van der Waals surface area contributed by atoms with Crippen LogP contribution in [0.15, 0.2) is 60.7 Å². The van der Waals surface area contributed by atoms with Crippen molar-refractivity contribution in [1.82, 2.24) is 5.06 Å². The Labute approximate surface area is 135 Å². The molecule has 118 valence electrons. The molecule has 1 heterocycles. The monoisotopic (exact) mass is 310 g/mol. The highest BCUT2D eigenvalue weighted by Gasteiger charge is 2.20. The molecule has 0 saturated heterocycles. The Balaban J connectivity index is 1.70. The van der Waals surface area contributed by atoms with Gasteiger partial charge in [0.05, 0.1) is 20.3 Å². The van der Waals surface area contributed by atoms with E-state index in [9.17, 15) is 4.79 Å². The number of nitrogens with zero attached hydrogens (tertiary/aromatic N) is 1. The topological polar surface area (TPSA) is 50.8 Å². The van der Waals surface area contributed by atoms with E-state index in [2.05, 4.69) is 5.32 Å². The molecule has 1 aliphatic heterocycles. The molecule has 0 unspecified atom stereocenters. The van der Waals surface area contributed by atoms with Crippen LogP contribution in [0.25, 0.3) is 5.57 Å². The molecule has 0 fully saturated rings. The third kappa shape index (κ3) is 3.70. The summed E-state index contributed by atoms with van der Waals surface area (Å²) in [6, 6.07) is 16.8. The van der Waals surface area contributed by atoms with Crippen molar-refractivity contribution >= 4 is 17.3 Å². The average Bonchev–Trinajstić information content (AvgIpc) is 2.63. The number of nitrogens with one attached hydrogen (secondary N) is 1. The van der Waals surface area contributed by atoms with Gasteiger partial charge in [-0.25, -0.2) is 4.79 Å². The number of carbonyl (C=O) groups excluding carboxylic acids is 1. The van der Waals surface area contributed by atoms with Gasteiger partial charge in [-0.15, -0.1) is 0 Å². The lowest BCUT2D eigenvalue weighted by molar-refractivity contribution is -0.0962. The molecule has 23 heavy (non-hydrogen) atoms. The summed E-state index contributed by atoms with van der Waals surface area (Å²) in [6.07, 6.45) is 1.97. The first-order valence-electron chi connectivity index (χ1n) is 7.36. The molecule has 1 aliphatic rings. The van der Waals surface area contributed by atoms with Crippen LogP contribution in [0.2, 0.25) is 0 Å². The third-order valence-corrected chi connectivity index (χ3v) is 3.57. The van der Waals surface area contributed by atoms with Crippen molar-refractivity contribution in [2.24, 2.45) is 0 Å². The number of carbonyl (C=O) groups is 1. The van der Waals surface area contributed by atoms with E-state index in [1.54, 1.807) is 7.11 Å². The van der Waals surface area contributed by atoms with Crippen molar-refractivity contribution in [3.8, 4) is 5.75 Å². The summed E-state index contributed by atoms with van der Waals surface area (Å²) < 4.78 is 5.25. The highest BCUT2D eigenvalue weighted by molar-refractivity contribution is 5.90. The highest BCUT2D eigenvalue weighted by atomic mass is 16.7. The van der Waals surface area contributed by atoms with Crippen LogP contribution in [0, 0.1) is 0 Å². The number of urea groups is 1. The second-order valence-corrected chi connectivity index (χ2v) is 5.09. The summed E-state index contributed by atoms with van der Waals surface area (Å²) in [4.78, 5) is 17.7. The van der Waals surface area contributed by atoms with Crippen LogP contribution in [0.1, 0.15) is 5.56 Å². The Morgan fingerprint density at radius 3 is 2.78 bits per heavy atom. The molecular weight excluding hydrogens is 292 g/mol. The molecule has 0 aromatic heterocycles. The van der Waals surface area contributed by atoms with E-state index in [4.69, 9.17) is 9.57 Å². The van der Waals surface area contributed by atoms with Crippen molar-refractivity contribution in [2.75, 3.05) is 25.6 Å². The maximum Gasteiger partial charge on any atom is 0.346 e. The molecule has 0 radical (unpaired) electrons. The number of hydrogen-bond donors (Lipinski definition) is 1. The van der Waals surface area contributed by atoms with Crippen molar-refractivity contribution in [3.63, 3.8) is 0 Å². The predicted octanol–water partition coefficient (Wildman–Crippen LogP) is 3.56. The molecule has 0 atom stereocenters. The molecule has 3 rings (SSSR count). The Morgan fingerprint density at radius 1 is 1.17 bits per heavy atom. The van der Waals surface area contributed by atoms with E-state index < -0.39 is 0 Å². The van der Waals surface area contributed by atoms with Gasteiger partial charge in [0.25, 0.3) is 0 Å². The van der Waals surface area contributed by atoms with Crippen LogP contribution in [0.4, 0.5) is 10.5 Å². The average molecular weight is 310 g/mol. The van der Waals surface area contributed by atoms with E-state index in [0.717, 1.165) is 22.6 Å². The van der Waals surface area contributed by atoms with Crippen LogP contribution >= 0.6 is 0 Å². The molecule has 2 aromatic carbocycles. The molecule has 0 saturated carbocycles. The maximum atomic E-state index is 12.3. The Hall–Kier alpha value is -2.79. The van der Waals surface area contributed by atoms with Crippen molar-refractivity contribution in [2.45, 2.75) is 0 Å². The van der Waals surface area contributed by atoms with Gasteiger partial charge in [0.1, 0.15) is 5.75 Å². The third-order valence-electron chi connectivity index (χ3n) is 3.57. The molecule has 5 heteroatoms. The normalized spacial score (nSPS) is 14.1. The first-order chi connectivity index (χ1) is 11.3. The number of ether oxygens (including phenoxy) is 1. The lowest BCUT2D eigenvalue weighted by atomic mass is 10.0. The van der Waals surface area contributed by atoms with Crippen molar-refractivity contribution in [1.29, 1.82) is 0 Å². The minimum absolute atomic E-state index is 0.287. The van der Waals surface area contributed by atoms with Crippen LogP contribution < -0.4 is 10.1 Å². The highest BCUT2D eigenvalue weighted by Crippen LogP contribution is 2.23. The number of hydrogen-bond acceptors (Lipinski definition) is 3. The van der Waals surface area contributed by atoms with Crippen LogP contribution in [0.3, 0.4) is 0 Å². The van der Waals surface area contributed by atoms with Gasteiger partial charge < -0.3 is 10.1 Å². The molecule has 5 nitrogen and oxygen atoms in total. The molecule has 2 aromatic rings. The first-order valence-corrected chi connectivity index (χ1v) is 7.36. The van der Waals surface area contributed by atoms with Crippen molar-refractivity contribution < 1.29 is 14.4 Å². The molecular formula is C18H18N2O3. The Morgan fingerprint density at radius 2 is 2.00 bits per heavy atom. The van der Waals surface area contributed by atoms with Gasteiger partial charge in [0, 0.05) is 5.69 Å². The standard InChI is InChI=1S/C18H18N2O3/c1-22-17-9-5-6-14(12-17)15-10-11-23-20(13-15)18(21)19-16-7-3-2-4-8-16/h2-10,12H,11,13H2,1H3,(H,19,21). The zero-order valence-corrected chi connectivity index (χ0v) is 12.9. The fourth-order valence-corrected chi connectivity index (χ4v) is 2.36. The summed E-state index contributed by atoms with van der Waals surface area (Å²) in [7, 11) is 1.64. The van der Waals surface area contributed by atoms with Gasteiger partial charge >= 0.3 is 6.03 Å². The van der Waals surface area contributed by atoms with E-state index >= 15 is 0 Å². The number of amides is 2. The van der Waals surface area contributed by atoms with E-state index in [1.807, 2.05) is 60.7 Å². The van der Waals surface area contributed by atoms with Gasteiger partial charge in [-0.05, 0) is 35.4 Å². The van der Waals surface area contributed by atoms with Crippen LogP contribution in [0.5, 0.6) is 5.75 Å². The Kier molecular flexibility index (Phi) is 4.59. The van der Waals surface area contributed by atoms with E-state index in [-0.39, 0.29) is 6.03 Å². The smallest absolute Gasteiger partial charge is 0.346 e. The first kappa shape index (κ1) is 15.1. The van der Waals surface area contributed by atoms with Gasteiger partial charge in [-0.2, -0.15) is 5.06 Å².